The van der Waals surface area contributed by atoms with Crippen molar-refractivity contribution in [3.05, 3.63) is 65.6 Å². The van der Waals surface area contributed by atoms with Crippen LogP contribution in [0, 0.1) is 6.92 Å². The summed E-state index contributed by atoms with van der Waals surface area (Å²) in [7, 11) is 0. The van der Waals surface area contributed by atoms with E-state index in [1.54, 1.807) is 12.1 Å². The molecular formula is C20H23N3O2. The number of hydrogen-bond donors (Lipinski definition) is 1. The first-order valence-corrected chi connectivity index (χ1v) is 8.53. The molecule has 0 spiro atoms. The highest BCUT2D eigenvalue weighted by atomic mass is 16.5. The van der Waals surface area contributed by atoms with Gasteiger partial charge in [-0.2, -0.15) is 0 Å². The third-order valence-electron chi connectivity index (χ3n) is 4.22. The van der Waals surface area contributed by atoms with Crippen LogP contribution in [0.1, 0.15) is 41.9 Å². The van der Waals surface area contributed by atoms with Gasteiger partial charge in [0.05, 0.1) is 5.69 Å². The highest BCUT2D eigenvalue weighted by molar-refractivity contribution is 5.94. The Morgan fingerprint density at radius 3 is 2.72 bits per heavy atom. The molecule has 0 saturated heterocycles. The molecule has 130 valence electrons. The number of carbonyl (C=O) groups is 1. The van der Waals surface area contributed by atoms with Crippen molar-refractivity contribution in [2.45, 2.75) is 39.8 Å². The summed E-state index contributed by atoms with van der Waals surface area (Å²) in [6.07, 6.45) is 4.85. The fourth-order valence-electron chi connectivity index (χ4n) is 2.54. The third-order valence-corrected chi connectivity index (χ3v) is 4.22. The summed E-state index contributed by atoms with van der Waals surface area (Å²) in [5.41, 5.74) is 3.58. The van der Waals surface area contributed by atoms with E-state index in [2.05, 4.69) is 10.3 Å². The molecule has 5 nitrogen and oxygen atoms in total. The van der Waals surface area contributed by atoms with Crippen LogP contribution in [0.15, 0.2) is 48.8 Å². The molecule has 1 aromatic carbocycles. The number of aryl methyl sites for hydroxylation is 1. The van der Waals surface area contributed by atoms with E-state index in [4.69, 9.17) is 4.74 Å². The number of nitrogens with zero attached hydrogens (tertiary/aromatic N) is 2. The van der Waals surface area contributed by atoms with Crippen LogP contribution in [0.2, 0.25) is 0 Å². The Hall–Kier alpha value is -2.82. The van der Waals surface area contributed by atoms with Gasteiger partial charge >= 0.3 is 0 Å². The SMILES string of the molecule is CCC(C)NC(=O)c1ccc(OCc2cn3cccc(C)c3n2)cc1. The Bertz CT molecular complexity index is 868. The average Bonchev–Trinajstić information content (AvgIpc) is 3.05. The van der Waals surface area contributed by atoms with Gasteiger partial charge in [0.25, 0.3) is 5.91 Å². The van der Waals surface area contributed by atoms with Gasteiger partial charge in [-0.3, -0.25) is 4.79 Å². The van der Waals surface area contributed by atoms with Crippen LogP contribution < -0.4 is 10.1 Å². The smallest absolute Gasteiger partial charge is 0.251 e. The predicted octanol–water partition coefficient (Wildman–Crippen LogP) is 3.75. The summed E-state index contributed by atoms with van der Waals surface area (Å²) >= 11 is 0. The number of amides is 1. The Labute approximate surface area is 147 Å². The van der Waals surface area contributed by atoms with E-state index in [0.29, 0.717) is 17.9 Å². The van der Waals surface area contributed by atoms with Gasteiger partial charge in [0.15, 0.2) is 0 Å². The molecule has 3 aromatic rings. The summed E-state index contributed by atoms with van der Waals surface area (Å²) in [6, 6.07) is 11.4. The summed E-state index contributed by atoms with van der Waals surface area (Å²) in [4.78, 5) is 16.7. The van der Waals surface area contributed by atoms with Gasteiger partial charge in [-0.1, -0.05) is 13.0 Å². The number of nitrogens with one attached hydrogen (secondary N) is 1. The molecule has 1 amide bonds. The fourth-order valence-corrected chi connectivity index (χ4v) is 2.54. The van der Waals surface area contributed by atoms with Crippen molar-refractivity contribution in [1.29, 1.82) is 0 Å². The van der Waals surface area contributed by atoms with Gasteiger partial charge in [0.1, 0.15) is 18.0 Å². The zero-order valence-corrected chi connectivity index (χ0v) is 14.8. The van der Waals surface area contributed by atoms with E-state index in [1.807, 2.05) is 61.8 Å². The second kappa shape index (κ2) is 7.38. The molecule has 2 heterocycles. The van der Waals surface area contributed by atoms with E-state index in [-0.39, 0.29) is 11.9 Å². The maximum atomic E-state index is 12.1. The quantitative estimate of drug-likeness (QED) is 0.745. The van der Waals surface area contributed by atoms with Gasteiger partial charge in [-0.15, -0.1) is 0 Å². The topological polar surface area (TPSA) is 55.6 Å². The minimum absolute atomic E-state index is 0.0586. The Morgan fingerprint density at radius 2 is 2.04 bits per heavy atom. The molecule has 0 fully saturated rings. The highest BCUT2D eigenvalue weighted by Crippen LogP contribution is 2.16. The highest BCUT2D eigenvalue weighted by Gasteiger charge is 2.09. The molecule has 25 heavy (non-hydrogen) atoms. The molecule has 1 unspecified atom stereocenters. The number of rotatable bonds is 6. The van der Waals surface area contributed by atoms with Crippen LogP contribution in [0.3, 0.4) is 0 Å². The average molecular weight is 337 g/mol. The Morgan fingerprint density at radius 1 is 1.28 bits per heavy atom. The lowest BCUT2D eigenvalue weighted by Crippen LogP contribution is -2.31. The Balaban J connectivity index is 1.63. The number of benzene rings is 1. The van der Waals surface area contributed by atoms with Crippen LogP contribution in [0.4, 0.5) is 0 Å². The molecular weight excluding hydrogens is 314 g/mol. The summed E-state index contributed by atoms with van der Waals surface area (Å²) in [5.74, 6) is 0.658. The van der Waals surface area contributed by atoms with Crippen molar-refractivity contribution in [1.82, 2.24) is 14.7 Å². The largest absolute Gasteiger partial charge is 0.487 e. The zero-order chi connectivity index (χ0) is 17.8. The van der Waals surface area contributed by atoms with Crippen molar-refractivity contribution in [2.24, 2.45) is 0 Å². The van der Waals surface area contributed by atoms with E-state index in [1.165, 1.54) is 0 Å². The maximum Gasteiger partial charge on any atom is 0.251 e. The van der Waals surface area contributed by atoms with E-state index in [9.17, 15) is 4.79 Å². The molecule has 0 saturated carbocycles. The predicted molar refractivity (Wildman–Crippen MR) is 97.9 cm³/mol. The van der Waals surface area contributed by atoms with Crippen LogP contribution in [-0.2, 0) is 6.61 Å². The molecule has 3 rings (SSSR count). The number of ether oxygens (including phenoxy) is 1. The van der Waals surface area contributed by atoms with Crippen molar-refractivity contribution < 1.29 is 9.53 Å². The fraction of sp³-hybridized carbons (Fsp3) is 0.300. The molecule has 0 aliphatic rings. The summed E-state index contributed by atoms with van der Waals surface area (Å²) in [5, 5.41) is 2.95. The van der Waals surface area contributed by atoms with E-state index in [0.717, 1.165) is 23.3 Å². The van der Waals surface area contributed by atoms with Crippen LogP contribution in [0.5, 0.6) is 5.75 Å². The minimum atomic E-state index is -0.0586. The van der Waals surface area contributed by atoms with Crippen LogP contribution in [-0.4, -0.2) is 21.3 Å². The summed E-state index contributed by atoms with van der Waals surface area (Å²) in [6.45, 7) is 6.46. The molecule has 0 bridgehead atoms. The van der Waals surface area contributed by atoms with Gasteiger partial charge in [-0.05, 0) is 56.2 Å². The monoisotopic (exact) mass is 337 g/mol. The third kappa shape index (κ3) is 3.99. The number of hydrogen-bond acceptors (Lipinski definition) is 3. The van der Waals surface area contributed by atoms with Crippen molar-refractivity contribution in [3.63, 3.8) is 0 Å². The lowest BCUT2D eigenvalue weighted by molar-refractivity contribution is 0.0939. The van der Waals surface area contributed by atoms with Crippen molar-refractivity contribution in [3.8, 4) is 5.75 Å². The number of pyridine rings is 1. The first-order valence-electron chi connectivity index (χ1n) is 8.53. The van der Waals surface area contributed by atoms with Crippen LogP contribution in [0.25, 0.3) is 5.65 Å². The number of imidazole rings is 1. The lowest BCUT2D eigenvalue weighted by Gasteiger charge is -2.11. The van der Waals surface area contributed by atoms with Crippen molar-refractivity contribution in [2.75, 3.05) is 0 Å². The second-order valence-electron chi connectivity index (χ2n) is 6.25. The van der Waals surface area contributed by atoms with E-state index >= 15 is 0 Å². The molecule has 1 atom stereocenters. The number of fused-ring (bicyclic) bond motifs is 1. The first-order chi connectivity index (χ1) is 12.1. The first kappa shape index (κ1) is 17.0. The Kier molecular flexibility index (Phi) is 5.03. The van der Waals surface area contributed by atoms with Gasteiger partial charge < -0.3 is 14.5 Å². The number of carbonyl (C=O) groups excluding carboxylic acids is 1. The van der Waals surface area contributed by atoms with E-state index < -0.39 is 0 Å². The molecule has 5 heteroatoms. The maximum absolute atomic E-state index is 12.1. The second-order valence-corrected chi connectivity index (χ2v) is 6.25. The zero-order valence-electron chi connectivity index (χ0n) is 14.8. The molecule has 2 aromatic heterocycles. The molecule has 0 radical (unpaired) electrons. The van der Waals surface area contributed by atoms with Gasteiger partial charge in [-0.25, -0.2) is 4.98 Å². The van der Waals surface area contributed by atoms with Gasteiger partial charge in [0, 0.05) is 24.0 Å². The molecule has 0 aliphatic carbocycles. The lowest BCUT2D eigenvalue weighted by atomic mass is 10.2. The van der Waals surface area contributed by atoms with Crippen LogP contribution >= 0.6 is 0 Å². The molecule has 0 aliphatic heterocycles. The van der Waals surface area contributed by atoms with Crippen molar-refractivity contribution >= 4 is 11.6 Å². The standard InChI is InChI=1S/C20H23N3O2/c1-4-15(3)21-20(24)16-7-9-18(10-8-16)25-13-17-12-23-11-5-6-14(2)19(23)22-17/h5-12,15H,4,13H2,1-3H3,(H,21,24). The summed E-state index contributed by atoms with van der Waals surface area (Å²) < 4.78 is 7.79. The normalized spacial score (nSPS) is 12.1. The number of aromatic nitrogens is 2. The minimum Gasteiger partial charge on any atom is -0.487 e. The van der Waals surface area contributed by atoms with Gasteiger partial charge in [0.2, 0.25) is 0 Å². The molecule has 1 N–H and O–H groups in total.